The molecule has 10 rings (SSSR count). The summed E-state index contributed by atoms with van der Waals surface area (Å²) >= 11 is 0. The van der Waals surface area contributed by atoms with Crippen LogP contribution < -0.4 is 0 Å². The third kappa shape index (κ3) is 7.74. The predicted molar refractivity (Wildman–Crippen MR) is 258 cm³/mol. The van der Waals surface area contributed by atoms with Crippen LogP contribution in [0.1, 0.15) is 60.3 Å². The number of aromatic nitrogens is 3. The van der Waals surface area contributed by atoms with Gasteiger partial charge < -0.3 is 5.11 Å². The second kappa shape index (κ2) is 16.4. The zero-order chi connectivity index (χ0) is 44.0. The number of fused-ring (bicyclic) bond motifs is 1. The molecule has 1 fully saturated rings. The summed E-state index contributed by atoms with van der Waals surface area (Å²) < 4.78 is 20.1. The van der Waals surface area contributed by atoms with E-state index in [4.69, 9.17) is 12.7 Å². The molecule has 4 heteroatoms. The number of imidazole rings is 1. The number of hydrogen-bond acceptors (Lipinski definition) is 3. The van der Waals surface area contributed by atoms with E-state index >= 15 is 0 Å². The Balaban J connectivity index is 1.15. The van der Waals surface area contributed by atoms with Crippen LogP contribution in [-0.2, 0) is 11.8 Å². The maximum atomic E-state index is 11.4. The van der Waals surface area contributed by atoms with Crippen LogP contribution in [-0.4, -0.2) is 19.6 Å². The highest BCUT2D eigenvalue weighted by atomic mass is 16.3. The van der Waals surface area contributed by atoms with Gasteiger partial charge in [-0.15, -0.1) is 0 Å². The van der Waals surface area contributed by atoms with Gasteiger partial charge >= 0.3 is 0 Å². The first-order valence-electron chi connectivity index (χ1n) is 22.8. The van der Waals surface area contributed by atoms with Crippen LogP contribution in [0.3, 0.4) is 0 Å². The SMILES string of the molecule is [2H]C([2H])(c1ccc(-c2ccnc(-c3cc(-c4ccccc4)cc(-c4cccc5c4nc(-c4ccccc4O)n5-c4ccc(C(C)(C)C)cc4-c4ccccc4)c3)c2)cc1)C1CCCC1. The highest BCUT2D eigenvalue weighted by Gasteiger charge is 2.24. The molecule has 0 atom stereocenters. The fourth-order valence-electron chi connectivity index (χ4n) is 9.03. The van der Waals surface area contributed by atoms with Crippen molar-refractivity contribution in [2.24, 2.45) is 5.92 Å². The van der Waals surface area contributed by atoms with Gasteiger partial charge in [0.1, 0.15) is 11.6 Å². The van der Waals surface area contributed by atoms with Crippen molar-refractivity contribution in [2.75, 3.05) is 0 Å². The van der Waals surface area contributed by atoms with Crippen molar-refractivity contribution < 1.29 is 7.85 Å². The van der Waals surface area contributed by atoms with Crippen molar-refractivity contribution in [3.63, 3.8) is 0 Å². The van der Waals surface area contributed by atoms with E-state index in [2.05, 4.69) is 135 Å². The summed E-state index contributed by atoms with van der Waals surface area (Å²) in [6.07, 6.45) is 4.63. The van der Waals surface area contributed by atoms with Gasteiger partial charge in [-0.3, -0.25) is 9.55 Å². The summed E-state index contributed by atoms with van der Waals surface area (Å²) in [5.74, 6) is 0.882. The van der Waals surface area contributed by atoms with Gasteiger partial charge in [0.2, 0.25) is 0 Å². The highest BCUT2D eigenvalue weighted by molar-refractivity contribution is 5.98. The molecule has 2 heterocycles. The normalized spacial score (nSPS) is 13.9. The van der Waals surface area contributed by atoms with Crippen molar-refractivity contribution in [3.05, 3.63) is 193 Å². The molecule has 9 aromatic rings. The summed E-state index contributed by atoms with van der Waals surface area (Å²) in [5, 5.41) is 11.4. The fraction of sp³-hybridized carbons (Fsp3) is 0.172. The van der Waals surface area contributed by atoms with Crippen LogP contribution in [0.15, 0.2) is 182 Å². The lowest BCUT2D eigenvalue weighted by atomic mass is 9.85. The van der Waals surface area contributed by atoms with Gasteiger partial charge in [-0.1, -0.05) is 162 Å². The molecule has 7 aromatic carbocycles. The minimum atomic E-state index is -1.34. The maximum absolute atomic E-state index is 11.4. The third-order valence-electron chi connectivity index (χ3n) is 12.4. The zero-order valence-corrected chi connectivity index (χ0v) is 35.5. The molecule has 1 saturated carbocycles. The van der Waals surface area contributed by atoms with Crippen molar-refractivity contribution >= 4 is 11.0 Å². The average Bonchev–Trinajstić information content (AvgIpc) is 4.02. The number of phenolic OH excluding ortho intramolecular Hbond substituents is 1. The first kappa shape index (κ1) is 36.8. The van der Waals surface area contributed by atoms with E-state index in [0.717, 1.165) is 104 Å². The van der Waals surface area contributed by atoms with E-state index in [-0.39, 0.29) is 17.1 Å². The number of aromatic hydroxyl groups is 1. The number of pyridine rings is 1. The van der Waals surface area contributed by atoms with Gasteiger partial charge in [-0.25, -0.2) is 4.98 Å². The molecule has 1 aliphatic carbocycles. The monoisotopic (exact) mass is 807 g/mol. The van der Waals surface area contributed by atoms with Gasteiger partial charge in [0.05, 0.1) is 28.0 Å². The minimum absolute atomic E-state index is 0.0698. The molecule has 0 aliphatic heterocycles. The minimum Gasteiger partial charge on any atom is -0.507 e. The Labute approximate surface area is 368 Å². The summed E-state index contributed by atoms with van der Waals surface area (Å²) in [4.78, 5) is 10.4. The standard InChI is InChI=1S/C58H51N3O/c1-58(2,3)48-29-30-53(51(38-48)43-19-8-5-9-20-43)61-54-23-14-22-49(56(54)60-57(61)50-21-12-13-24-55(50)62)46-34-45(41-17-6-4-7-18-41)35-47(36-46)52-37-44(31-32-59-52)42-27-25-40(26-28-42)33-39-15-10-11-16-39/h4-9,12-14,17-32,34-39,62H,10-11,15-16,33H2,1-3H3/i33D2. The van der Waals surface area contributed by atoms with Crippen LogP contribution >= 0.6 is 0 Å². The van der Waals surface area contributed by atoms with Gasteiger partial charge in [0.25, 0.3) is 0 Å². The molecular weight excluding hydrogens is 755 g/mol. The number of nitrogens with zero attached hydrogens (tertiary/aromatic N) is 3. The Kier molecular flexibility index (Phi) is 9.75. The quantitative estimate of drug-likeness (QED) is 0.158. The van der Waals surface area contributed by atoms with Crippen molar-refractivity contribution in [3.8, 4) is 78.6 Å². The van der Waals surface area contributed by atoms with Crippen LogP contribution in [0.25, 0.3) is 83.9 Å². The largest absolute Gasteiger partial charge is 0.507 e. The average molecular weight is 808 g/mol. The van der Waals surface area contributed by atoms with Crippen LogP contribution in [0.5, 0.6) is 5.75 Å². The van der Waals surface area contributed by atoms with Crippen LogP contribution in [0.4, 0.5) is 0 Å². The first-order valence-corrected chi connectivity index (χ1v) is 21.8. The molecular formula is C58H51N3O. The molecule has 0 spiro atoms. The summed E-state index contributed by atoms with van der Waals surface area (Å²) in [6.45, 7) is 6.72. The Morgan fingerprint density at radius 2 is 1.24 bits per heavy atom. The lowest BCUT2D eigenvalue weighted by molar-refractivity contribution is 0.477. The Morgan fingerprint density at radius 1 is 0.581 bits per heavy atom. The van der Waals surface area contributed by atoms with E-state index in [1.165, 1.54) is 5.56 Å². The van der Waals surface area contributed by atoms with Crippen molar-refractivity contribution in [2.45, 2.75) is 58.2 Å². The number of rotatable bonds is 9. The lowest BCUT2D eigenvalue weighted by Crippen LogP contribution is -2.12. The number of hydrogen-bond donors (Lipinski definition) is 1. The molecule has 0 bridgehead atoms. The number of para-hydroxylation sites is 2. The summed E-state index contributed by atoms with van der Waals surface area (Å²) in [6, 6.07) is 60.3. The van der Waals surface area contributed by atoms with Crippen LogP contribution in [0, 0.1) is 5.92 Å². The predicted octanol–water partition coefficient (Wildman–Crippen LogP) is 15.2. The first-order chi connectivity index (χ1) is 31.0. The van der Waals surface area contributed by atoms with Crippen molar-refractivity contribution in [1.29, 1.82) is 0 Å². The second-order valence-corrected chi connectivity index (χ2v) is 17.6. The topological polar surface area (TPSA) is 50.9 Å². The molecule has 0 radical (unpaired) electrons. The van der Waals surface area contributed by atoms with Crippen molar-refractivity contribution in [1.82, 2.24) is 14.5 Å². The number of phenols is 1. The number of benzene rings is 7. The summed E-state index contributed by atoms with van der Waals surface area (Å²) in [5.41, 5.74) is 15.4. The molecule has 1 aliphatic rings. The maximum Gasteiger partial charge on any atom is 0.149 e. The Morgan fingerprint density at radius 3 is 1.98 bits per heavy atom. The smallest absolute Gasteiger partial charge is 0.149 e. The molecule has 4 nitrogen and oxygen atoms in total. The Bertz CT molecular complexity index is 3120. The second-order valence-electron chi connectivity index (χ2n) is 17.6. The van der Waals surface area contributed by atoms with Gasteiger partial charge in [0.15, 0.2) is 0 Å². The molecule has 304 valence electrons. The molecule has 1 N–H and O–H groups in total. The van der Waals surface area contributed by atoms with E-state index in [1.807, 2.05) is 66.9 Å². The van der Waals surface area contributed by atoms with Gasteiger partial charge in [-0.2, -0.15) is 0 Å². The van der Waals surface area contributed by atoms with E-state index in [1.54, 1.807) is 6.07 Å². The molecule has 0 unspecified atom stereocenters. The van der Waals surface area contributed by atoms with Gasteiger partial charge in [-0.05, 0) is 123 Å². The molecule has 62 heavy (non-hydrogen) atoms. The Hall–Kier alpha value is -7.04. The van der Waals surface area contributed by atoms with E-state index in [0.29, 0.717) is 11.4 Å². The van der Waals surface area contributed by atoms with Gasteiger partial charge in [0, 0.05) is 25.6 Å². The van der Waals surface area contributed by atoms with E-state index in [9.17, 15) is 5.11 Å². The summed E-state index contributed by atoms with van der Waals surface area (Å²) in [7, 11) is 0. The van der Waals surface area contributed by atoms with Crippen LogP contribution in [0.2, 0.25) is 0 Å². The molecule has 0 amide bonds. The van der Waals surface area contributed by atoms with E-state index < -0.39 is 6.37 Å². The fourth-order valence-corrected chi connectivity index (χ4v) is 9.03. The lowest BCUT2D eigenvalue weighted by Gasteiger charge is -2.23. The third-order valence-corrected chi connectivity index (χ3v) is 12.4. The zero-order valence-electron chi connectivity index (χ0n) is 37.5. The molecule has 2 aromatic heterocycles. The molecule has 0 saturated heterocycles. The highest BCUT2D eigenvalue weighted by Crippen LogP contribution is 2.42.